The van der Waals surface area contributed by atoms with Crippen molar-refractivity contribution in [2.75, 3.05) is 39.0 Å². The first kappa shape index (κ1) is 17.5. The van der Waals surface area contributed by atoms with Gasteiger partial charge in [-0.2, -0.15) is 0 Å². The molecule has 1 atom stereocenters. The van der Waals surface area contributed by atoms with Crippen LogP contribution >= 0.6 is 0 Å². The topological polar surface area (TPSA) is 44.0 Å². The van der Waals surface area contributed by atoms with Crippen LogP contribution in [0, 0.1) is 0 Å². The van der Waals surface area contributed by atoms with E-state index in [1.807, 2.05) is 30.3 Å². The Morgan fingerprint density at radius 2 is 1.88 bits per heavy atom. The van der Waals surface area contributed by atoms with Crippen LogP contribution in [-0.2, 0) is 0 Å². The molecule has 25 heavy (non-hydrogen) atoms. The summed E-state index contributed by atoms with van der Waals surface area (Å²) in [5.74, 6) is 1.91. The van der Waals surface area contributed by atoms with Gasteiger partial charge in [-0.15, -0.1) is 0 Å². The van der Waals surface area contributed by atoms with Crippen molar-refractivity contribution in [1.29, 1.82) is 0 Å². The maximum Gasteiger partial charge on any atom is 0.198 e. The molecule has 0 aliphatic carbocycles. The predicted molar refractivity (Wildman–Crippen MR) is 103 cm³/mol. The minimum absolute atomic E-state index is 0.132. The Hall–Kier alpha value is -2.27. The summed E-state index contributed by atoms with van der Waals surface area (Å²) >= 11 is 0. The first-order chi connectivity index (χ1) is 12.2. The minimum Gasteiger partial charge on any atom is -0.468 e. The lowest BCUT2D eigenvalue weighted by Crippen LogP contribution is -2.40. The van der Waals surface area contributed by atoms with Gasteiger partial charge in [-0.1, -0.05) is 18.2 Å². The molecule has 0 radical (unpaired) electrons. The van der Waals surface area contributed by atoms with E-state index in [9.17, 15) is 0 Å². The molecular formula is C20H28N4O. The zero-order valence-corrected chi connectivity index (χ0v) is 15.2. The van der Waals surface area contributed by atoms with E-state index in [0.717, 1.165) is 30.5 Å². The number of anilines is 1. The average molecular weight is 340 g/mol. The number of aliphatic imine (C=N–C) groups is 1. The number of nitrogens with zero attached hydrogens (tertiary/aromatic N) is 3. The Kier molecular flexibility index (Phi) is 6.12. The molecule has 2 heterocycles. The number of furan rings is 1. The molecule has 0 spiro atoms. The van der Waals surface area contributed by atoms with Crippen LogP contribution in [0.3, 0.4) is 0 Å². The molecule has 1 aromatic carbocycles. The predicted octanol–water partition coefficient (Wildman–Crippen LogP) is 3.84. The number of likely N-dealkylation sites (tertiary alicyclic amines) is 1. The number of guanidine groups is 1. The molecule has 5 heteroatoms. The van der Waals surface area contributed by atoms with Gasteiger partial charge in [0, 0.05) is 18.8 Å². The molecule has 2 aromatic rings. The van der Waals surface area contributed by atoms with E-state index in [0.29, 0.717) is 6.54 Å². The highest BCUT2D eigenvalue weighted by Crippen LogP contribution is 2.20. The van der Waals surface area contributed by atoms with E-state index in [2.05, 4.69) is 41.3 Å². The van der Waals surface area contributed by atoms with Crippen molar-refractivity contribution in [2.24, 2.45) is 4.99 Å². The normalized spacial score (nSPS) is 16.9. The summed E-state index contributed by atoms with van der Waals surface area (Å²) in [6, 6.07) is 14.4. The standard InChI is InChI=1S/C20H28N4O/c1-23(2)18(19-12-9-15-25-19)16-21-20(24-13-7-4-8-14-24)22-17-10-5-3-6-11-17/h3,5-6,9-12,15,18H,4,7-8,13-14,16H2,1-2H3,(H,21,22). The van der Waals surface area contributed by atoms with Crippen molar-refractivity contribution < 1.29 is 4.42 Å². The van der Waals surface area contributed by atoms with Gasteiger partial charge in [0.1, 0.15) is 5.76 Å². The SMILES string of the molecule is CN(C)C(CN=C(Nc1ccccc1)N1CCCCC1)c1ccco1. The molecule has 0 amide bonds. The fraction of sp³-hybridized carbons (Fsp3) is 0.450. The van der Waals surface area contributed by atoms with Crippen LogP contribution in [0.5, 0.6) is 0 Å². The monoisotopic (exact) mass is 340 g/mol. The number of rotatable bonds is 5. The van der Waals surface area contributed by atoms with E-state index in [1.54, 1.807) is 6.26 Å². The van der Waals surface area contributed by atoms with Crippen molar-refractivity contribution in [3.63, 3.8) is 0 Å². The van der Waals surface area contributed by atoms with E-state index in [1.165, 1.54) is 19.3 Å². The number of likely N-dealkylation sites (N-methyl/N-ethyl adjacent to an activating group) is 1. The Bertz CT molecular complexity index is 646. The number of hydrogen-bond donors (Lipinski definition) is 1. The van der Waals surface area contributed by atoms with Gasteiger partial charge in [0.15, 0.2) is 5.96 Å². The van der Waals surface area contributed by atoms with Crippen LogP contribution in [0.15, 0.2) is 58.1 Å². The summed E-state index contributed by atoms with van der Waals surface area (Å²) in [6.07, 6.45) is 5.49. The lowest BCUT2D eigenvalue weighted by molar-refractivity contribution is 0.263. The zero-order valence-electron chi connectivity index (χ0n) is 15.2. The highest BCUT2D eigenvalue weighted by atomic mass is 16.3. The highest BCUT2D eigenvalue weighted by molar-refractivity contribution is 5.93. The van der Waals surface area contributed by atoms with E-state index in [-0.39, 0.29) is 6.04 Å². The average Bonchev–Trinajstić information content (AvgIpc) is 3.16. The van der Waals surface area contributed by atoms with Crippen LogP contribution in [0.2, 0.25) is 0 Å². The fourth-order valence-corrected chi connectivity index (χ4v) is 3.14. The van der Waals surface area contributed by atoms with Crippen molar-refractivity contribution in [3.8, 4) is 0 Å². The zero-order chi connectivity index (χ0) is 17.5. The number of piperidine rings is 1. The van der Waals surface area contributed by atoms with Crippen LogP contribution in [0.4, 0.5) is 5.69 Å². The van der Waals surface area contributed by atoms with Crippen LogP contribution in [-0.4, -0.2) is 49.5 Å². The van der Waals surface area contributed by atoms with E-state index >= 15 is 0 Å². The molecule has 134 valence electrons. The molecule has 1 aliphatic heterocycles. The summed E-state index contributed by atoms with van der Waals surface area (Å²) in [5, 5.41) is 3.52. The molecule has 1 aliphatic rings. The molecule has 1 unspecified atom stereocenters. The second kappa shape index (κ2) is 8.72. The molecule has 1 fully saturated rings. The first-order valence-corrected chi connectivity index (χ1v) is 9.05. The maximum absolute atomic E-state index is 5.61. The van der Waals surface area contributed by atoms with Crippen molar-refractivity contribution >= 4 is 11.6 Å². The van der Waals surface area contributed by atoms with Gasteiger partial charge in [-0.3, -0.25) is 9.89 Å². The third-order valence-corrected chi connectivity index (χ3v) is 4.59. The summed E-state index contributed by atoms with van der Waals surface area (Å²) < 4.78 is 5.61. The fourth-order valence-electron chi connectivity index (χ4n) is 3.14. The van der Waals surface area contributed by atoms with Gasteiger partial charge >= 0.3 is 0 Å². The highest BCUT2D eigenvalue weighted by Gasteiger charge is 2.19. The summed E-state index contributed by atoms with van der Waals surface area (Å²) in [4.78, 5) is 9.47. The molecule has 0 saturated carbocycles. The van der Waals surface area contributed by atoms with Crippen LogP contribution in [0.1, 0.15) is 31.1 Å². The van der Waals surface area contributed by atoms with Crippen LogP contribution in [0.25, 0.3) is 0 Å². The summed E-state index contributed by atoms with van der Waals surface area (Å²) in [7, 11) is 4.13. The van der Waals surface area contributed by atoms with Crippen molar-refractivity contribution in [1.82, 2.24) is 9.80 Å². The van der Waals surface area contributed by atoms with Gasteiger partial charge in [0.2, 0.25) is 0 Å². The summed E-state index contributed by atoms with van der Waals surface area (Å²) in [5.41, 5.74) is 1.08. The smallest absolute Gasteiger partial charge is 0.198 e. The number of hydrogen-bond acceptors (Lipinski definition) is 3. The van der Waals surface area contributed by atoms with Crippen molar-refractivity contribution in [3.05, 3.63) is 54.5 Å². The molecule has 1 N–H and O–H groups in total. The van der Waals surface area contributed by atoms with Crippen molar-refractivity contribution in [2.45, 2.75) is 25.3 Å². The number of benzene rings is 1. The Balaban J connectivity index is 1.78. The Morgan fingerprint density at radius 1 is 1.12 bits per heavy atom. The van der Waals surface area contributed by atoms with Gasteiger partial charge < -0.3 is 14.6 Å². The summed E-state index contributed by atoms with van der Waals surface area (Å²) in [6.45, 7) is 2.78. The Labute approximate surface area is 150 Å². The maximum atomic E-state index is 5.61. The van der Waals surface area contributed by atoms with E-state index in [4.69, 9.17) is 9.41 Å². The third kappa shape index (κ3) is 4.86. The van der Waals surface area contributed by atoms with Gasteiger partial charge in [-0.25, -0.2) is 0 Å². The van der Waals surface area contributed by atoms with Crippen LogP contribution < -0.4 is 5.32 Å². The lowest BCUT2D eigenvalue weighted by atomic mass is 10.1. The lowest BCUT2D eigenvalue weighted by Gasteiger charge is -2.31. The molecule has 5 nitrogen and oxygen atoms in total. The Morgan fingerprint density at radius 3 is 2.52 bits per heavy atom. The third-order valence-electron chi connectivity index (χ3n) is 4.59. The molecular weight excluding hydrogens is 312 g/mol. The second-order valence-electron chi connectivity index (χ2n) is 6.70. The molecule has 1 saturated heterocycles. The number of para-hydroxylation sites is 1. The largest absolute Gasteiger partial charge is 0.468 e. The van der Waals surface area contributed by atoms with Gasteiger partial charge in [0.25, 0.3) is 0 Å². The molecule has 1 aromatic heterocycles. The molecule has 0 bridgehead atoms. The van der Waals surface area contributed by atoms with Gasteiger partial charge in [0.05, 0.1) is 18.8 Å². The number of nitrogens with one attached hydrogen (secondary N) is 1. The first-order valence-electron chi connectivity index (χ1n) is 9.05. The quantitative estimate of drug-likeness (QED) is 0.663. The minimum atomic E-state index is 0.132. The molecule has 3 rings (SSSR count). The van der Waals surface area contributed by atoms with Gasteiger partial charge in [-0.05, 0) is 57.6 Å². The van der Waals surface area contributed by atoms with E-state index < -0.39 is 0 Å². The second-order valence-corrected chi connectivity index (χ2v) is 6.70.